The first-order valence-electron chi connectivity index (χ1n) is 4.06. The van der Waals surface area contributed by atoms with Crippen LogP contribution in [0.3, 0.4) is 0 Å². The first-order valence-corrected chi connectivity index (χ1v) is 5.21. The molecule has 4 nitrogen and oxygen atoms in total. The van der Waals surface area contributed by atoms with Crippen molar-refractivity contribution in [1.29, 1.82) is 0 Å². The fourth-order valence-corrected chi connectivity index (χ4v) is 1.60. The van der Waals surface area contributed by atoms with Crippen LogP contribution in [0.5, 0.6) is 0 Å². The van der Waals surface area contributed by atoms with E-state index in [0.717, 1.165) is 5.75 Å². The monoisotopic (exact) mass is 205 g/mol. The molecular formula is C8H15NO3S. The molecule has 1 unspecified atom stereocenters. The second-order valence-corrected chi connectivity index (χ2v) is 4.34. The summed E-state index contributed by atoms with van der Waals surface area (Å²) in [4.78, 5) is 21.6. The first kappa shape index (κ1) is 12.3. The van der Waals surface area contributed by atoms with Crippen LogP contribution < -0.4 is 5.73 Å². The van der Waals surface area contributed by atoms with Gasteiger partial charge in [-0.15, -0.1) is 0 Å². The highest BCUT2D eigenvalue weighted by molar-refractivity contribution is 7.99. The number of carboxylic acids is 1. The van der Waals surface area contributed by atoms with Crippen LogP contribution in [0, 0.1) is 5.41 Å². The summed E-state index contributed by atoms with van der Waals surface area (Å²) >= 11 is 1.60. The van der Waals surface area contributed by atoms with E-state index in [-0.39, 0.29) is 6.42 Å². The lowest BCUT2D eigenvalue weighted by Gasteiger charge is -2.19. The van der Waals surface area contributed by atoms with Gasteiger partial charge in [0.1, 0.15) is 5.41 Å². The Bertz CT molecular complexity index is 192. The Morgan fingerprint density at radius 1 is 1.54 bits per heavy atom. The van der Waals surface area contributed by atoms with Crippen molar-refractivity contribution in [3.05, 3.63) is 0 Å². The molecule has 1 atom stereocenters. The number of hydrogen-bond donors (Lipinski definition) is 2. The third kappa shape index (κ3) is 3.26. The quantitative estimate of drug-likeness (QED) is 0.494. The Kier molecular flexibility index (Phi) is 4.83. The lowest BCUT2D eigenvalue weighted by atomic mass is 9.87. The van der Waals surface area contributed by atoms with Gasteiger partial charge in [0.15, 0.2) is 0 Å². The standard InChI is InChI=1S/C8H15NO3S/c1-3-13-5-4-8(2,6(9)10)7(11)12/h3-5H2,1-2H3,(H2,9,10)(H,11,12). The molecule has 0 bridgehead atoms. The molecule has 0 aliphatic rings. The highest BCUT2D eigenvalue weighted by Crippen LogP contribution is 2.23. The van der Waals surface area contributed by atoms with E-state index in [1.54, 1.807) is 11.8 Å². The van der Waals surface area contributed by atoms with Gasteiger partial charge >= 0.3 is 5.97 Å². The van der Waals surface area contributed by atoms with Crippen LogP contribution >= 0.6 is 11.8 Å². The van der Waals surface area contributed by atoms with E-state index < -0.39 is 17.3 Å². The SMILES string of the molecule is CCSCCC(C)(C(N)=O)C(=O)O. The van der Waals surface area contributed by atoms with Crippen LogP contribution in [0.15, 0.2) is 0 Å². The van der Waals surface area contributed by atoms with Crippen molar-refractivity contribution in [3.63, 3.8) is 0 Å². The third-order valence-corrected chi connectivity index (χ3v) is 2.87. The van der Waals surface area contributed by atoms with E-state index in [9.17, 15) is 9.59 Å². The maximum absolute atomic E-state index is 10.9. The average molecular weight is 205 g/mol. The summed E-state index contributed by atoms with van der Waals surface area (Å²) in [5.74, 6) is -0.357. The van der Waals surface area contributed by atoms with Gasteiger partial charge in [0, 0.05) is 0 Å². The molecule has 0 aromatic carbocycles. The maximum atomic E-state index is 10.9. The summed E-state index contributed by atoms with van der Waals surface area (Å²) in [5.41, 5.74) is 3.61. The minimum absolute atomic E-state index is 0.288. The predicted octanol–water partition coefficient (Wildman–Crippen LogP) is 0.706. The first-order chi connectivity index (χ1) is 5.95. The lowest BCUT2D eigenvalue weighted by Crippen LogP contribution is -2.41. The van der Waals surface area contributed by atoms with Gasteiger partial charge in [-0.25, -0.2) is 0 Å². The van der Waals surface area contributed by atoms with Crippen LogP contribution in [-0.4, -0.2) is 28.5 Å². The number of carbonyl (C=O) groups is 2. The minimum Gasteiger partial charge on any atom is -0.480 e. The second-order valence-electron chi connectivity index (χ2n) is 2.95. The van der Waals surface area contributed by atoms with Crippen molar-refractivity contribution < 1.29 is 14.7 Å². The van der Waals surface area contributed by atoms with Gasteiger partial charge in [-0.1, -0.05) is 6.92 Å². The van der Waals surface area contributed by atoms with E-state index in [2.05, 4.69) is 0 Å². The summed E-state index contributed by atoms with van der Waals surface area (Å²) in [6.45, 7) is 3.35. The van der Waals surface area contributed by atoms with Gasteiger partial charge in [0.05, 0.1) is 0 Å². The maximum Gasteiger partial charge on any atom is 0.318 e. The zero-order valence-electron chi connectivity index (χ0n) is 7.87. The highest BCUT2D eigenvalue weighted by Gasteiger charge is 2.38. The molecule has 13 heavy (non-hydrogen) atoms. The minimum atomic E-state index is -1.41. The van der Waals surface area contributed by atoms with E-state index in [1.807, 2.05) is 6.92 Å². The molecule has 0 aromatic heterocycles. The highest BCUT2D eigenvalue weighted by atomic mass is 32.2. The number of hydrogen-bond acceptors (Lipinski definition) is 3. The predicted molar refractivity (Wildman–Crippen MR) is 52.6 cm³/mol. The summed E-state index contributed by atoms with van der Waals surface area (Å²) in [6.07, 6.45) is 0.288. The fraction of sp³-hybridized carbons (Fsp3) is 0.750. The normalized spacial score (nSPS) is 14.9. The zero-order chi connectivity index (χ0) is 10.5. The molecule has 0 saturated heterocycles. The molecule has 1 amide bonds. The molecule has 0 heterocycles. The van der Waals surface area contributed by atoms with Gasteiger partial charge in [-0.2, -0.15) is 11.8 Å². The summed E-state index contributed by atoms with van der Waals surface area (Å²) in [6, 6.07) is 0. The van der Waals surface area contributed by atoms with Crippen molar-refractivity contribution in [3.8, 4) is 0 Å². The summed E-state index contributed by atoms with van der Waals surface area (Å²) in [7, 11) is 0. The Morgan fingerprint density at radius 2 is 2.08 bits per heavy atom. The number of thioether (sulfide) groups is 1. The third-order valence-electron chi connectivity index (χ3n) is 1.97. The molecule has 0 radical (unpaired) electrons. The molecule has 0 saturated carbocycles. The number of rotatable bonds is 6. The van der Waals surface area contributed by atoms with Crippen LogP contribution in [-0.2, 0) is 9.59 Å². The van der Waals surface area contributed by atoms with E-state index >= 15 is 0 Å². The van der Waals surface area contributed by atoms with Gasteiger partial charge < -0.3 is 10.8 Å². The molecule has 5 heteroatoms. The molecule has 0 spiro atoms. The number of nitrogens with two attached hydrogens (primary N) is 1. The molecule has 0 rings (SSSR count). The Hall–Kier alpha value is -0.710. The van der Waals surface area contributed by atoms with Crippen LogP contribution in [0.1, 0.15) is 20.3 Å². The fourth-order valence-electron chi connectivity index (χ4n) is 0.756. The number of carbonyl (C=O) groups excluding carboxylic acids is 1. The molecule has 0 aromatic rings. The number of carboxylic acid groups (broad SMARTS) is 1. The van der Waals surface area contributed by atoms with E-state index in [1.165, 1.54) is 6.92 Å². The van der Waals surface area contributed by atoms with Gasteiger partial charge in [-0.05, 0) is 24.9 Å². The van der Waals surface area contributed by atoms with E-state index in [0.29, 0.717) is 5.75 Å². The number of primary amides is 1. The van der Waals surface area contributed by atoms with Crippen molar-refractivity contribution >= 4 is 23.6 Å². The zero-order valence-corrected chi connectivity index (χ0v) is 8.69. The van der Waals surface area contributed by atoms with Gasteiger partial charge in [-0.3, -0.25) is 9.59 Å². The van der Waals surface area contributed by atoms with Crippen molar-refractivity contribution in [2.24, 2.45) is 11.1 Å². The smallest absolute Gasteiger partial charge is 0.318 e. The molecular weight excluding hydrogens is 190 g/mol. The lowest BCUT2D eigenvalue weighted by molar-refractivity contribution is -0.153. The topological polar surface area (TPSA) is 80.4 Å². The van der Waals surface area contributed by atoms with Crippen LogP contribution in [0.2, 0.25) is 0 Å². The molecule has 0 aliphatic heterocycles. The van der Waals surface area contributed by atoms with Gasteiger partial charge in [0.2, 0.25) is 5.91 Å². The average Bonchev–Trinajstić information content (AvgIpc) is 2.03. The Labute approximate surface area is 81.9 Å². The molecule has 0 fully saturated rings. The summed E-state index contributed by atoms with van der Waals surface area (Å²) in [5, 5.41) is 8.79. The Balaban J connectivity index is 4.26. The molecule has 3 N–H and O–H groups in total. The van der Waals surface area contributed by atoms with Crippen molar-refractivity contribution in [2.75, 3.05) is 11.5 Å². The largest absolute Gasteiger partial charge is 0.480 e. The molecule has 76 valence electrons. The van der Waals surface area contributed by atoms with E-state index in [4.69, 9.17) is 10.8 Å². The number of amides is 1. The second kappa shape index (κ2) is 5.11. The van der Waals surface area contributed by atoms with Gasteiger partial charge in [0.25, 0.3) is 0 Å². The summed E-state index contributed by atoms with van der Waals surface area (Å²) < 4.78 is 0. The van der Waals surface area contributed by atoms with Crippen molar-refractivity contribution in [1.82, 2.24) is 0 Å². The van der Waals surface area contributed by atoms with Crippen LogP contribution in [0.4, 0.5) is 0 Å². The van der Waals surface area contributed by atoms with Crippen molar-refractivity contribution in [2.45, 2.75) is 20.3 Å². The Morgan fingerprint density at radius 3 is 2.38 bits per heavy atom. The molecule has 0 aliphatic carbocycles. The number of aliphatic carboxylic acids is 1. The van der Waals surface area contributed by atoms with Crippen LogP contribution in [0.25, 0.3) is 0 Å².